The molecule has 0 aromatic heterocycles. The number of piperidine rings is 1. The van der Waals surface area contributed by atoms with Crippen LogP contribution in [-0.2, 0) is 10.5 Å². The highest BCUT2D eigenvalue weighted by atomic mass is 32.2. The lowest BCUT2D eigenvalue weighted by molar-refractivity contribution is -0.126. The summed E-state index contributed by atoms with van der Waals surface area (Å²) in [6.45, 7) is 2.74. The fourth-order valence-electron chi connectivity index (χ4n) is 2.60. The van der Waals surface area contributed by atoms with E-state index in [2.05, 4.69) is 17.3 Å². The van der Waals surface area contributed by atoms with E-state index in [9.17, 15) is 9.18 Å². The van der Waals surface area contributed by atoms with Gasteiger partial charge in [-0.1, -0.05) is 18.2 Å². The fraction of sp³-hybridized carbons (Fsp3) is 0.588. The van der Waals surface area contributed by atoms with Crippen molar-refractivity contribution >= 4 is 17.7 Å². The number of hydrogen-bond donors (Lipinski definition) is 1. The van der Waals surface area contributed by atoms with Crippen LogP contribution < -0.4 is 5.32 Å². The first kappa shape index (κ1) is 17.3. The molecule has 0 radical (unpaired) electrons. The van der Waals surface area contributed by atoms with Crippen molar-refractivity contribution in [1.29, 1.82) is 0 Å². The standard InChI is InChI=1S/C17H25FN2OS/c1-20-10-7-14(8-11-20)17(21)19-9-4-12-22-13-15-5-2-3-6-16(15)18/h2-3,5-6,14H,4,7-13H2,1H3,(H,19,21). The van der Waals surface area contributed by atoms with Gasteiger partial charge in [-0.3, -0.25) is 4.79 Å². The van der Waals surface area contributed by atoms with Crippen LogP contribution in [0.5, 0.6) is 0 Å². The maximum atomic E-state index is 13.4. The van der Waals surface area contributed by atoms with Crippen LogP contribution in [-0.4, -0.2) is 43.2 Å². The second-order valence-corrected chi connectivity index (χ2v) is 6.97. The minimum atomic E-state index is -0.134. The molecular weight excluding hydrogens is 299 g/mol. The van der Waals surface area contributed by atoms with E-state index in [0.717, 1.165) is 50.2 Å². The molecule has 1 aromatic rings. The Balaban J connectivity index is 1.54. The van der Waals surface area contributed by atoms with E-state index in [0.29, 0.717) is 5.75 Å². The Morgan fingerprint density at radius 3 is 2.82 bits per heavy atom. The molecule has 1 aliphatic heterocycles. The monoisotopic (exact) mass is 324 g/mol. The van der Waals surface area contributed by atoms with E-state index < -0.39 is 0 Å². The van der Waals surface area contributed by atoms with Crippen molar-refractivity contribution in [2.24, 2.45) is 5.92 Å². The largest absolute Gasteiger partial charge is 0.356 e. The third-order valence-corrected chi connectivity index (χ3v) is 5.16. The van der Waals surface area contributed by atoms with Crippen molar-refractivity contribution in [3.8, 4) is 0 Å². The van der Waals surface area contributed by atoms with Crippen molar-refractivity contribution in [3.05, 3.63) is 35.6 Å². The Labute approximate surface area is 136 Å². The molecule has 1 aliphatic rings. The number of rotatable bonds is 7. The molecule has 1 fully saturated rings. The smallest absolute Gasteiger partial charge is 0.223 e. The third-order valence-electron chi connectivity index (χ3n) is 4.07. The van der Waals surface area contributed by atoms with Gasteiger partial charge in [0, 0.05) is 18.2 Å². The molecule has 122 valence electrons. The minimum Gasteiger partial charge on any atom is -0.356 e. The van der Waals surface area contributed by atoms with E-state index in [4.69, 9.17) is 0 Å². The normalized spacial score (nSPS) is 16.6. The Kier molecular flexibility index (Phi) is 7.19. The lowest BCUT2D eigenvalue weighted by Crippen LogP contribution is -2.39. The Bertz CT molecular complexity index is 475. The molecule has 1 heterocycles. The number of nitrogens with one attached hydrogen (secondary N) is 1. The van der Waals surface area contributed by atoms with E-state index >= 15 is 0 Å². The van der Waals surface area contributed by atoms with Gasteiger partial charge in [0.15, 0.2) is 0 Å². The van der Waals surface area contributed by atoms with E-state index in [1.54, 1.807) is 17.8 Å². The van der Waals surface area contributed by atoms with Crippen LogP contribution >= 0.6 is 11.8 Å². The average molecular weight is 324 g/mol. The molecular formula is C17H25FN2OS. The molecule has 1 N–H and O–H groups in total. The van der Waals surface area contributed by atoms with Gasteiger partial charge in [-0.05, 0) is 56.8 Å². The van der Waals surface area contributed by atoms with Crippen LogP contribution in [0.2, 0.25) is 0 Å². The second kappa shape index (κ2) is 9.16. The van der Waals surface area contributed by atoms with Crippen molar-refractivity contribution in [2.45, 2.75) is 25.0 Å². The molecule has 3 nitrogen and oxygen atoms in total. The Morgan fingerprint density at radius 2 is 2.09 bits per heavy atom. The Hall–Kier alpha value is -1.07. The summed E-state index contributed by atoms with van der Waals surface area (Å²) >= 11 is 1.71. The van der Waals surface area contributed by atoms with Crippen molar-refractivity contribution in [2.75, 3.05) is 32.4 Å². The first-order valence-corrected chi connectivity index (χ1v) is 9.09. The van der Waals surface area contributed by atoms with Gasteiger partial charge in [0.1, 0.15) is 5.82 Å². The van der Waals surface area contributed by atoms with Gasteiger partial charge in [-0.25, -0.2) is 4.39 Å². The zero-order chi connectivity index (χ0) is 15.8. The molecule has 0 unspecified atom stereocenters. The fourth-order valence-corrected chi connectivity index (χ4v) is 3.55. The zero-order valence-corrected chi connectivity index (χ0v) is 14.0. The first-order chi connectivity index (χ1) is 10.7. The summed E-state index contributed by atoms with van der Waals surface area (Å²) in [6.07, 6.45) is 2.85. The molecule has 22 heavy (non-hydrogen) atoms. The average Bonchev–Trinajstić information content (AvgIpc) is 2.53. The number of hydrogen-bond acceptors (Lipinski definition) is 3. The summed E-state index contributed by atoms with van der Waals surface area (Å²) in [5, 5.41) is 3.03. The van der Waals surface area contributed by atoms with E-state index in [1.165, 1.54) is 6.07 Å². The van der Waals surface area contributed by atoms with Crippen LogP contribution in [0.4, 0.5) is 4.39 Å². The van der Waals surface area contributed by atoms with Gasteiger partial charge >= 0.3 is 0 Å². The number of carbonyl (C=O) groups is 1. The van der Waals surface area contributed by atoms with Crippen molar-refractivity contribution < 1.29 is 9.18 Å². The number of nitrogens with zero attached hydrogens (tertiary/aromatic N) is 1. The number of halogens is 1. The minimum absolute atomic E-state index is 0.134. The lowest BCUT2D eigenvalue weighted by Gasteiger charge is -2.28. The van der Waals surface area contributed by atoms with Crippen LogP contribution in [0.3, 0.4) is 0 Å². The molecule has 5 heteroatoms. The predicted octanol–water partition coefficient (Wildman–Crippen LogP) is 2.91. The summed E-state index contributed by atoms with van der Waals surface area (Å²) < 4.78 is 13.4. The van der Waals surface area contributed by atoms with Gasteiger partial charge in [0.2, 0.25) is 5.91 Å². The first-order valence-electron chi connectivity index (χ1n) is 7.94. The lowest BCUT2D eigenvalue weighted by atomic mass is 9.96. The van der Waals surface area contributed by atoms with Crippen LogP contribution in [0, 0.1) is 11.7 Å². The summed E-state index contributed by atoms with van der Waals surface area (Å²) in [4.78, 5) is 14.3. The van der Waals surface area contributed by atoms with Crippen LogP contribution in [0.25, 0.3) is 0 Å². The summed E-state index contributed by atoms with van der Waals surface area (Å²) in [5.74, 6) is 1.87. The maximum Gasteiger partial charge on any atom is 0.223 e. The van der Waals surface area contributed by atoms with Gasteiger partial charge < -0.3 is 10.2 Å². The van der Waals surface area contributed by atoms with Crippen molar-refractivity contribution in [1.82, 2.24) is 10.2 Å². The maximum absolute atomic E-state index is 13.4. The molecule has 0 bridgehead atoms. The highest BCUT2D eigenvalue weighted by Crippen LogP contribution is 2.17. The number of likely N-dealkylation sites (tertiary alicyclic amines) is 1. The number of carbonyl (C=O) groups excluding carboxylic acids is 1. The molecule has 1 saturated heterocycles. The molecule has 0 aliphatic carbocycles. The summed E-state index contributed by atoms with van der Waals surface area (Å²) in [5.41, 5.74) is 0.753. The topological polar surface area (TPSA) is 32.3 Å². The predicted molar refractivity (Wildman–Crippen MR) is 90.4 cm³/mol. The summed E-state index contributed by atoms with van der Waals surface area (Å²) in [6, 6.07) is 6.89. The molecule has 0 atom stereocenters. The number of amides is 1. The van der Waals surface area contributed by atoms with Crippen molar-refractivity contribution in [3.63, 3.8) is 0 Å². The van der Waals surface area contributed by atoms with E-state index in [1.807, 2.05) is 12.1 Å². The molecule has 1 amide bonds. The van der Waals surface area contributed by atoms with Gasteiger partial charge in [-0.15, -0.1) is 0 Å². The molecule has 1 aromatic carbocycles. The zero-order valence-electron chi connectivity index (χ0n) is 13.2. The van der Waals surface area contributed by atoms with Crippen LogP contribution in [0.15, 0.2) is 24.3 Å². The van der Waals surface area contributed by atoms with Gasteiger partial charge in [0.25, 0.3) is 0 Å². The molecule has 0 saturated carbocycles. The highest BCUT2D eigenvalue weighted by molar-refractivity contribution is 7.98. The number of benzene rings is 1. The van der Waals surface area contributed by atoms with E-state index in [-0.39, 0.29) is 17.6 Å². The quantitative estimate of drug-likeness (QED) is 0.783. The molecule has 0 spiro atoms. The molecule has 2 rings (SSSR count). The van der Waals surface area contributed by atoms with Crippen LogP contribution in [0.1, 0.15) is 24.8 Å². The second-order valence-electron chi connectivity index (χ2n) is 5.87. The highest BCUT2D eigenvalue weighted by Gasteiger charge is 2.22. The third kappa shape index (κ3) is 5.61. The SMILES string of the molecule is CN1CCC(C(=O)NCCCSCc2ccccc2F)CC1. The Morgan fingerprint density at radius 1 is 1.36 bits per heavy atom. The van der Waals surface area contributed by atoms with Gasteiger partial charge in [0.05, 0.1) is 0 Å². The number of thioether (sulfide) groups is 1. The summed E-state index contributed by atoms with van der Waals surface area (Å²) in [7, 11) is 2.10. The van der Waals surface area contributed by atoms with Gasteiger partial charge in [-0.2, -0.15) is 11.8 Å².